The van der Waals surface area contributed by atoms with Gasteiger partial charge in [-0.2, -0.15) is 0 Å². The summed E-state index contributed by atoms with van der Waals surface area (Å²) < 4.78 is 0. The number of thiazole rings is 1. The third-order valence-corrected chi connectivity index (χ3v) is 7.30. The second-order valence-electron chi connectivity index (χ2n) is 11.3. The Bertz CT molecular complexity index is 1070. The van der Waals surface area contributed by atoms with Gasteiger partial charge in [-0.25, -0.2) is 9.97 Å². The Kier molecular flexibility index (Phi) is 8.21. The molecule has 0 aromatic carbocycles. The van der Waals surface area contributed by atoms with Crippen molar-refractivity contribution < 1.29 is 14.7 Å². The number of anilines is 1. The van der Waals surface area contributed by atoms with E-state index in [0.29, 0.717) is 30.1 Å². The highest BCUT2D eigenvalue weighted by Crippen LogP contribution is 2.35. The van der Waals surface area contributed by atoms with Crippen LogP contribution in [0.4, 0.5) is 5.82 Å². The van der Waals surface area contributed by atoms with Gasteiger partial charge in [0.2, 0.25) is 0 Å². The number of hydrogen-bond acceptors (Lipinski definition) is 7. The van der Waals surface area contributed by atoms with Crippen molar-refractivity contribution in [1.29, 1.82) is 0 Å². The Morgan fingerprint density at radius 2 is 1.97 bits per heavy atom. The Balaban J connectivity index is 1.94. The highest BCUT2D eigenvalue weighted by Gasteiger charge is 2.32. The van der Waals surface area contributed by atoms with Gasteiger partial charge in [0.25, 0.3) is 11.8 Å². The first-order valence-corrected chi connectivity index (χ1v) is 13.1. The fourth-order valence-electron chi connectivity index (χ4n) is 4.03. The van der Waals surface area contributed by atoms with E-state index in [9.17, 15) is 14.7 Å². The van der Waals surface area contributed by atoms with E-state index in [4.69, 9.17) is 0 Å². The third kappa shape index (κ3) is 6.79. The highest BCUT2D eigenvalue weighted by molar-refractivity contribution is 7.17. The molecule has 9 heteroatoms. The van der Waals surface area contributed by atoms with Gasteiger partial charge in [0.15, 0.2) is 5.01 Å². The van der Waals surface area contributed by atoms with Crippen molar-refractivity contribution in [2.24, 2.45) is 5.41 Å². The Labute approximate surface area is 212 Å². The lowest BCUT2D eigenvalue weighted by molar-refractivity contribution is 0.0743. The predicted molar refractivity (Wildman–Crippen MR) is 141 cm³/mol. The molecule has 0 spiro atoms. The second-order valence-corrected chi connectivity index (χ2v) is 12.3. The zero-order valence-corrected chi connectivity index (χ0v) is 22.8. The zero-order valence-electron chi connectivity index (χ0n) is 22.0. The number of carbonyl (C=O) groups excluding carboxylic acids is 2. The van der Waals surface area contributed by atoms with E-state index >= 15 is 0 Å². The molecule has 0 unspecified atom stereocenters. The van der Waals surface area contributed by atoms with E-state index in [0.717, 1.165) is 29.8 Å². The quantitative estimate of drug-likeness (QED) is 0.492. The van der Waals surface area contributed by atoms with Crippen molar-refractivity contribution in [3.63, 3.8) is 0 Å². The van der Waals surface area contributed by atoms with Crippen LogP contribution in [-0.4, -0.2) is 63.1 Å². The molecular weight excluding hydrogens is 462 g/mol. The number of aryl methyl sites for hydroxylation is 1. The summed E-state index contributed by atoms with van der Waals surface area (Å²) in [4.78, 5) is 38.1. The standard InChI is InChI=1S/C26H39N5O3S/c1-16-13-19(30-25(3,4)5)28-14-18(16)21-20(24(34)31-12-8-9-17(31)2)29-23(35-21)22(33)27-11-10-26(6,7)15-32/h13-14,17,32H,8-12,15H2,1-7H3,(H,27,33)(H,28,30)/t17-/m0/s1. The highest BCUT2D eigenvalue weighted by atomic mass is 32.1. The van der Waals surface area contributed by atoms with Crippen molar-refractivity contribution in [3.8, 4) is 10.4 Å². The van der Waals surface area contributed by atoms with E-state index in [1.54, 1.807) is 6.20 Å². The van der Waals surface area contributed by atoms with E-state index < -0.39 is 0 Å². The summed E-state index contributed by atoms with van der Waals surface area (Å²) in [5.41, 5.74) is 1.66. The van der Waals surface area contributed by atoms with Gasteiger partial charge in [0, 0.05) is 43.0 Å². The number of rotatable bonds is 8. The van der Waals surface area contributed by atoms with Gasteiger partial charge in [-0.05, 0) is 70.9 Å². The lowest BCUT2D eigenvalue weighted by atomic mass is 9.91. The number of amides is 2. The van der Waals surface area contributed by atoms with Crippen LogP contribution in [0.2, 0.25) is 0 Å². The average molecular weight is 502 g/mol. The number of aliphatic hydroxyl groups excluding tert-OH is 1. The Morgan fingerprint density at radius 1 is 1.26 bits per heavy atom. The summed E-state index contributed by atoms with van der Waals surface area (Å²) >= 11 is 1.23. The molecule has 35 heavy (non-hydrogen) atoms. The van der Waals surface area contributed by atoms with Crippen LogP contribution in [0.5, 0.6) is 0 Å². The van der Waals surface area contributed by atoms with Gasteiger partial charge in [0.1, 0.15) is 11.5 Å². The number of hydrogen-bond donors (Lipinski definition) is 3. The number of pyridine rings is 1. The molecule has 3 heterocycles. The van der Waals surface area contributed by atoms with Gasteiger partial charge in [-0.3, -0.25) is 9.59 Å². The molecule has 0 saturated carbocycles. The van der Waals surface area contributed by atoms with Crippen LogP contribution in [0.1, 0.15) is 86.7 Å². The number of carbonyl (C=O) groups is 2. The maximum absolute atomic E-state index is 13.5. The molecule has 1 aliphatic heterocycles. The summed E-state index contributed by atoms with van der Waals surface area (Å²) in [6.07, 6.45) is 4.32. The van der Waals surface area contributed by atoms with Gasteiger partial charge >= 0.3 is 0 Å². The molecule has 8 nitrogen and oxygen atoms in total. The van der Waals surface area contributed by atoms with Crippen LogP contribution in [-0.2, 0) is 0 Å². The van der Waals surface area contributed by atoms with Gasteiger partial charge < -0.3 is 20.6 Å². The summed E-state index contributed by atoms with van der Waals surface area (Å²) in [7, 11) is 0. The summed E-state index contributed by atoms with van der Waals surface area (Å²) in [6.45, 7) is 15.3. The second kappa shape index (κ2) is 10.6. The summed E-state index contributed by atoms with van der Waals surface area (Å²) in [5.74, 6) is 0.307. The van der Waals surface area contributed by atoms with E-state index in [-0.39, 0.29) is 40.4 Å². The Hall–Kier alpha value is -2.52. The first-order valence-electron chi connectivity index (χ1n) is 12.3. The number of nitrogens with one attached hydrogen (secondary N) is 2. The van der Waals surface area contributed by atoms with E-state index in [1.165, 1.54) is 11.3 Å². The molecule has 1 saturated heterocycles. The molecule has 2 amide bonds. The monoisotopic (exact) mass is 501 g/mol. The molecule has 1 fully saturated rings. The van der Waals surface area contributed by atoms with Crippen LogP contribution in [0.25, 0.3) is 10.4 Å². The smallest absolute Gasteiger partial charge is 0.280 e. The van der Waals surface area contributed by atoms with Crippen molar-refractivity contribution in [2.75, 3.05) is 25.0 Å². The van der Waals surface area contributed by atoms with E-state index in [1.807, 2.05) is 38.7 Å². The topological polar surface area (TPSA) is 107 Å². The van der Waals surface area contributed by atoms with Gasteiger partial charge in [-0.1, -0.05) is 13.8 Å². The van der Waals surface area contributed by atoms with Gasteiger partial charge in [0.05, 0.1) is 4.88 Å². The molecule has 2 aromatic rings. The summed E-state index contributed by atoms with van der Waals surface area (Å²) in [6, 6.07) is 2.11. The molecule has 0 bridgehead atoms. The number of likely N-dealkylation sites (tertiary alicyclic amines) is 1. The van der Waals surface area contributed by atoms with Crippen LogP contribution in [0.15, 0.2) is 12.3 Å². The van der Waals surface area contributed by atoms with E-state index in [2.05, 4.69) is 41.4 Å². The van der Waals surface area contributed by atoms with Crippen LogP contribution in [0.3, 0.4) is 0 Å². The maximum atomic E-state index is 13.5. The number of aromatic nitrogens is 2. The largest absolute Gasteiger partial charge is 0.396 e. The molecule has 192 valence electrons. The lowest BCUT2D eigenvalue weighted by Crippen LogP contribution is -2.34. The molecule has 1 atom stereocenters. The first-order chi connectivity index (χ1) is 16.3. The van der Waals surface area contributed by atoms with Crippen LogP contribution in [0, 0.1) is 12.3 Å². The minimum absolute atomic E-state index is 0.0449. The van der Waals surface area contributed by atoms with Crippen LogP contribution < -0.4 is 10.6 Å². The maximum Gasteiger partial charge on any atom is 0.280 e. The minimum atomic E-state index is -0.310. The molecule has 0 radical (unpaired) electrons. The predicted octanol–water partition coefficient (Wildman–Crippen LogP) is 4.49. The zero-order chi connectivity index (χ0) is 26.0. The molecule has 2 aromatic heterocycles. The minimum Gasteiger partial charge on any atom is -0.396 e. The molecule has 3 N–H and O–H groups in total. The van der Waals surface area contributed by atoms with Crippen LogP contribution >= 0.6 is 11.3 Å². The molecule has 3 rings (SSSR count). The third-order valence-electron chi connectivity index (χ3n) is 6.21. The first kappa shape index (κ1) is 27.1. The fraction of sp³-hybridized carbons (Fsp3) is 0.615. The molecular formula is C26H39N5O3S. The Morgan fingerprint density at radius 3 is 2.54 bits per heavy atom. The van der Waals surface area contributed by atoms with Crippen molar-refractivity contribution in [1.82, 2.24) is 20.2 Å². The molecule has 1 aliphatic rings. The number of aliphatic hydroxyl groups is 1. The average Bonchev–Trinajstić information content (AvgIpc) is 3.39. The lowest BCUT2D eigenvalue weighted by Gasteiger charge is -2.22. The van der Waals surface area contributed by atoms with Crippen molar-refractivity contribution in [3.05, 3.63) is 28.5 Å². The summed E-state index contributed by atoms with van der Waals surface area (Å²) in [5, 5.41) is 16.0. The SMILES string of the molecule is Cc1cc(NC(C)(C)C)ncc1-c1sc(C(=O)NCCC(C)(C)CO)nc1C(=O)N1CCC[C@@H]1C. The number of nitrogens with zero attached hydrogens (tertiary/aromatic N) is 3. The fourth-order valence-corrected chi connectivity index (χ4v) is 5.08. The molecule has 0 aliphatic carbocycles. The van der Waals surface area contributed by atoms with Crippen molar-refractivity contribution >= 4 is 29.0 Å². The normalized spacial score (nSPS) is 16.5. The van der Waals surface area contributed by atoms with Crippen molar-refractivity contribution in [2.45, 2.75) is 79.3 Å². The van der Waals surface area contributed by atoms with Gasteiger partial charge in [-0.15, -0.1) is 11.3 Å².